The van der Waals surface area contributed by atoms with Gasteiger partial charge in [-0.1, -0.05) is 150 Å². The van der Waals surface area contributed by atoms with Gasteiger partial charge in [-0.25, -0.2) is 0 Å². The summed E-state index contributed by atoms with van der Waals surface area (Å²) in [5.74, 6) is 1.15. The Bertz CT molecular complexity index is 609. The molecular weight excluding hydrogens is 400 g/mol. The van der Waals surface area contributed by atoms with Crippen molar-refractivity contribution in [2.75, 3.05) is 0 Å². The topological polar surface area (TPSA) is 24.7 Å². The van der Waals surface area contributed by atoms with Crippen LogP contribution >= 0.6 is 0 Å². The molecule has 1 aromatic rings. The lowest BCUT2D eigenvalue weighted by Crippen LogP contribution is -2.22. The molecule has 0 radical (unpaired) electrons. The lowest BCUT2D eigenvalue weighted by Gasteiger charge is -2.26. The first-order valence-electron chi connectivity index (χ1n) is 14.3. The number of benzene rings is 1. The first-order valence-corrected chi connectivity index (χ1v) is 14.3. The summed E-state index contributed by atoms with van der Waals surface area (Å²) in [6.45, 7) is 4.60. The maximum atomic E-state index is 4.68. The molecule has 2 unspecified atom stereocenters. The monoisotopic (exact) mass is 451 g/mol. The number of hydrogen-bond acceptors (Lipinski definition) is 2. The van der Waals surface area contributed by atoms with Gasteiger partial charge in [0.1, 0.15) is 0 Å². The lowest BCUT2D eigenvalue weighted by atomic mass is 9.78. The van der Waals surface area contributed by atoms with Crippen LogP contribution in [0.2, 0.25) is 0 Å². The quantitative estimate of drug-likeness (QED) is 0.131. The molecule has 0 fully saturated rings. The van der Waals surface area contributed by atoms with E-state index in [-0.39, 0.29) is 0 Å². The van der Waals surface area contributed by atoms with Crippen LogP contribution in [0, 0.1) is 18.0 Å². The first kappa shape index (κ1) is 27.7. The van der Waals surface area contributed by atoms with Crippen LogP contribution in [0.5, 0.6) is 0 Å². The fourth-order valence-electron chi connectivity index (χ4n) is 5.24. The average Bonchev–Trinajstić information content (AvgIpc) is 3.37. The summed E-state index contributed by atoms with van der Waals surface area (Å²) in [4.78, 5) is 9.36. The van der Waals surface area contributed by atoms with Gasteiger partial charge in [-0.3, -0.25) is 0 Å². The van der Waals surface area contributed by atoms with Crippen molar-refractivity contribution in [2.24, 2.45) is 21.8 Å². The summed E-state index contributed by atoms with van der Waals surface area (Å²) in [5, 5.41) is 0. The smallest absolute Gasteiger partial charge is 0.0965 e. The fraction of sp³-hybridized carbons (Fsp3) is 0.710. The molecule has 0 amide bonds. The summed E-state index contributed by atoms with van der Waals surface area (Å²) < 4.78 is 0. The van der Waals surface area contributed by atoms with E-state index in [1.54, 1.807) is 0 Å². The van der Waals surface area contributed by atoms with Crippen LogP contribution in [0.4, 0.5) is 0 Å². The molecule has 2 nitrogen and oxygen atoms in total. The summed E-state index contributed by atoms with van der Waals surface area (Å²) in [6.07, 6.45) is 29.3. The molecule has 0 aromatic heterocycles. The lowest BCUT2D eigenvalue weighted by molar-refractivity contribution is 0.284. The zero-order chi connectivity index (χ0) is 23.4. The standard InChI is InChI=1S/C31H51N2/c1-3-5-7-9-10-11-12-13-14-15-20-24-30(31-32-25-26-33-31)29(23-19-8-6-4-2)27-28-21-17-16-18-22-28/h16-18,21-22,25-26,29-30H,3-15,19-20,23-24,27H2,1-2H3/q+1. The Morgan fingerprint density at radius 1 is 0.606 bits per heavy atom. The van der Waals surface area contributed by atoms with Gasteiger partial charge in [-0.05, 0) is 30.7 Å². The first-order chi connectivity index (χ1) is 16.3. The second-order valence-corrected chi connectivity index (χ2v) is 10.1. The molecule has 1 aliphatic rings. The number of nitrogens with zero attached hydrogens (tertiary/aromatic N) is 2. The Labute approximate surface area is 205 Å². The third kappa shape index (κ3) is 12.5. The van der Waals surface area contributed by atoms with Gasteiger partial charge in [0.2, 0.25) is 6.17 Å². The van der Waals surface area contributed by atoms with Gasteiger partial charge < -0.3 is 0 Å². The molecule has 0 saturated carbocycles. The number of aliphatic imine (C=N–C) groups is 2. The molecule has 184 valence electrons. The van der Waals surface area contributed by atoms with Crippen LogP contribution in [-0.2, 0) is 6.42 Å². The summed E-state index contributed by atoms with van der Waals surface area (Å²) in [7, 11) is 0. The summed E-state index contributed by atoms with van der Waals surface area (Å²) in [5.41, 5.74) is 1.47. The Hall–Kier alpha value is -1.57. The predicted octanol–water partition coefficient (Wildman–Crippen LogP) is 9.78. The van der Waals surface area contributed by atoms with E-state index < -0.39 is 0 Å². The van der Waals surface area contributed by atoms with Gasteiger partial charge in [0.25, 0.3) is 0 Å². The van der Waals surface area contributed by atoms with Gasteiger partial charge in [0.15, 0.2) is 12.4 Å². The molecule has 0 bridgehead atoms. The van der Waals surface area contributed by atoms with Crippen LogP contribution in [0.3, 0.4) is 0 Å². The van der Waals surface area contributed by atoms with Crippen LogP contribution in [0.25, 0.3) is 0 Å². The molecular formula is C31H51N2+. The van der Waals surface area contributed by atoms with Crippen LogP contribution in [0.15, 0.2) is 40.3 Å². The zero-order valence-corrected chi connectivity index (χ0v) is 21.8. The van der Waals surface area contributed by atoms with Crippen molar-refractivity contribution < 1.29 is 0 Å². The highest BCUT2D eigenvalue weighted by molar-refractivity contribution is 6.18. The predicted molar refractivity (Wildman–Crippen MR) is 147 cm³/mol. The summed E-state index contributed by atoms with van der Waals surface area (Å²) in [6, 6.07) is 11.1. The average molecular weight is 452 g/mol. The molecule has 0 aliphatic carbocycles. The Morgan fingerprint density at radius 3 is 1.67 bits per heavy atom. The maximum Gasteiger partial charge on any atom is 0.244 e. The maximum absolute atomic E-state index is 4.68. The minimum absolute atomic E-state index is 0.500. The molecule has 2 heteroatoms. The molecule has 2 rings (SSSR count). The second kappa shape index (κ2) is 18.8. The number of hydrogen-bond donors (Lipinski definition) is 0. The molecule has 2 atom stereocenters. The van der Waals surface area contributed by atoms with Crippen molar-refractivity contribution in [1.82, 2.24) is 0 Å². The summed E-state index contributed by atoms with van der Waals surface area (Å²) >= 11 is 0. The third-order valence-corrected chi connectivity index (χ3v) is 7.27. The van der Waals surface area contributed by atoms with Crippen molar-refractivity contribution in [3.8, 4) is 0 Å². The number of unbranched alkanes of at least 4 members (excludes halogenated alkanes) is 13. The molecule has 0 spiro atoms. The van der Waals surface area contributed by atoms with Gasteiger partial charge in [0.05, 0.1) is 5.92 Å². The Balaban J connectivity index is 1.79. The highest BCUT2D eigenvalue weighted by Gasteiger charge is 2.35. The molecule has 1 heterocycles. The Kier molecular flexibility index (Phi) is 15.8. The van der Waals surface area contributed by atoms with E-state index in [1.807, 2.05) is 12.4 Å². The van der Waals surface area contributed by atoms with Crippen molar-refractivity contribution in [3.63, 3.8) is 0 Å². The zero-order valence-electron chi connectivity index (χ0n) is 21.8. The minimum atomic E-state index is 0.500. The largest absolute Gasteiger partial charge is 0.244 e. The molecule has 0 saturated heterocycles. The molecule has 33 heavy (non-hydrogen) atoms. The van der Waals surface area contributed by atoms with E-state index in [9.17, 15) is 0 Å². The van der Waals surface area contributed by atoms with Crippen molar-refractivity contribution in [2.45, 2.75) is 129 Å². The number of rotatable bonds is 21. The van der Waals surface area contributed by atoms with E-state index in [2.05, 4.69) is 54.2 Å². The van der Waals surface area contributed by atoms with Crippen molar-refractivity contribution in [1.29, 1.82) is 0 Å². The molecule has 1 aromatic carbocycles. The molecule has 0 N–H and O–H groups in total. The second-order valence-electron chi connectivity index (χ2n) is 10.1. The van der Waals surface area contributed by atoms with Crippen molar-refractivity contribution >= 4 is 12.4 Å². The van der Waals surface area contributed by atoms with Crippen LogP contribution < -0.4 is 0 Å². The fourth-order valence-corrected chi connectivity index (χ4v) is 5.24. The third-order valence-electron chi connectivity index (χ3n) is 7.27. The normalized spacial score (nSPS) is 14.8. The minimum Gasteiger partial charge on any atom is -0.0965 e. The SMILES string of the molecule is CCCCCCCCCCCCCC([C+]1N=CC=N1)C(CCCCCC)Cc1ccccc1. The molecule has 1 aliphatic heterocycles. The van der Waals surface area contributed by atoms with Crippen LogP contribution in [0.1, 0.15) is 129 Å². The van der Waals surface area contributed by atoms with Crippen LogP contribution in [-0.4, -0.2) is 12.4 Å². The van der Waals surface area contributed by atoms with E-state index in [1.165, 1.54) is 115 Å². The van der Waals surface area contributed by atoms with E-state index >= 15 is 0 Å². The van der Waals surface area contributed by atoms with Gasteiger partial charge in [-0.15, -0.1) is 0 Å². The van der Waals surface area contributed by atoms with Gasteiger partial charge >= 0.3 is 0 Å². The van der Waals surface area contributed by atoms with Crippen molar-refractivity contribution in [3.05, 3.63) is 42.1 Å². The van der Waals surface area contributed by atoms with E-state index in [0.29, 0.717) is 11.8 Å². The van der Waals surface area contributed by atoms with Gasteiger partial charge in [-0.2, -0.15) is 0 Å². The highest BCUT2D eigenvalue weighted by atomic mass is 15.0. The Morgan fingerprint density at radius 2 is 1.09 bits per heavy atom. The van der Waals surface area contributed by atoms with E-state index in [4.69, 9.17) is 0 Å². The highest BCUT2D eigenvalue weighted by Crippen LogP contribution is 2.37. The van der Waals surface area contributed by atoms with E-state index in [0.717, 1.165) is 12.6 Å². The van der Waals surface area contributed by atoms with Gasteiger partial charge in [0, 0.05) is 0 Å².